The lowest BCUT2D eigenvalue weighted by molar-refractivity contribution is -0.144. The summed E-state index contributed by atoms with van der Waals surface area (Å²) in [7, 11) is 0. The van der Waals surface area contributed by atoms with E-state index >= 15 is 0 Å². The number of carbonyl (C=O) groups is 2. The van der Waals surface area contributed by atoms with Gasteiger partial charge in [0.25, 0.3) is 5.91 Å². The Hall–Kier alpha value is -4.54. The third-order valence-corrected chi connectivity index (χ3v) is 7.54. The summed E-state index contributed by atoms with van der Waals surface area (Å²) in [5.74, 6) is 0.620. The minimum Gasteiger partial charge on any atom is -0.465 e. The molecule has 9 nitrogen and oxygen atoms in total. The molecule has 1 aliphatic heterocycles. The fourth-order valence-electron chi connectivity index (χ4n) is 5.16. The fourth-order valence-corrected chi connectivity index (χ4v) is 5.16. The van der Waals surface area contributed by atoms with Gasteiger partial charge in [-0.1, -0.05) is 23.8 Å². The van der Waals surface area contributed by atoms with Gasteiger partial charge in [0.05, 0.1) is 30.1 Å². The molecule has 230 valence electrons. The monoisotopic (exact) mass is 599 g/mol. The van der Waals surface area contributed by atoms with Gasteiger partial charge in [-0.2, -0.15) is 0 Å². The topological polar surface area (TPSA) is 99.8 Å². The minimum absolute atomic E-state index is 0.149. The van der Waals surface area contributed by atoms with E-state index < -0.39 is 0 Å². The number of aryl methyl sites for hydroxylation is 1. The molecular formula is C34H38FN5O4. The molecule has 10 heteroatoms. The predicted molar refractivity (Wildman–Crippen MR) is 167 cm³/mol. The van der Waals surface area contributed by atoms with Crippen molar-refractivity contribution in [1.29, 1.82) is 0 Å². The number of benzene rings is 2. The van der Waals surface area contributed by atoms with Crippen molar-refractivity contribution in [3.8, 4) is 34.0 Å². The molecular weight excluding hydrogens is 561 g/mol. The lowest BCUT2D eigenvalue weighted by atomic mass is 10.0. The van der Waals surface area contributed by atoms with Crippen LogP contribution in [0.5, 0.6) is 11.5 Å². The molecule has 4 aromatic rings. The van der Waals surface area contributed by atoms with Gasteiger partial charge in [0.1, 0.15) is 17.3 Å². The van der Waals surface area contributed by atoms with Crippen LogP contribution in [0, 0.1) is 12.7 Å². The average molecular weight is 600 g/mol. The van der Waals surface area contributed by atoms with Gasteiger partial charge in [-0.25, -0.2) is 4.39 Å². The molecule has 0 radical (unpaired) electrons. The predicted octanol–water partition coefficient (Wildman–Crippen LogP) is 5.28. The van der Waals surface area contributed by atoms with Crippen molar-refractivity contribution in [2.24, 2.45) is 0 Å². The Morgan fingerprint density at radius 2 is 1.75 bits per heavy atom. The number of halogens is 1. The molecule has 1 fully saturated rings. The van der Waals surface area contributed by atoms with Crippen LogP contribution in [0.15, 0.2) is 73.1 Å². The second-order valence-electron chi connectivity index (χ2n) is 10.8. The summed E-state index contributed by atoms with van der Waals surface area (Å²) >= 11 is 0. The third kappa shape index (κ3) is 8.30. The number of pyridine rings is 1. The van der Waals surface area contributed by atoms with Crippen LogP contribution >= 0.6 is 0 Å². The zero-order valence-electron chi connectivity index (χ0n) is 25.1. The van der Waals surface area contributed by atoms with E-state index in [1.54, 1.807) is 48.8 Å². The summed E-state index contributed by atoms with van der Waals surface area (Å²) in [6, 6.07) is 17.7. The highest BCUT2D eigenvalue weighted by molar-refractivity contribution is 5.95. The molecule has 0 atom stereocenters. The number of esters is 1. The van der Waals surface area contributed by atoms with Crippen LogP contribution in [0.2, 0.25) is 0 Å². The van der Waals surface area contributed by atoms with E-state index in [4.69, 9.17) is 9.47 Å². The number of ether oxygens (including phenoxy) is 2. The SMILES string of the molecule is CCOC(=O)CN1CCN(CCCNC(=O)c2c[nH]c(-c3cc(Oc4ccc(-c5cc(C)ccc5F)cc4)ccn3)c2)CC1. The number of hydrogen-bond donors (Lipinski definition) is 2. The summed E-state index contributed by atoms with van der Waals surface area (Å²) in [5.41, 5.74) is 4.19. The van der Waals surface area contributed by atoms with E-state index in [0.29, 0.717) is 53.7 Å². The smallest absolute Gasteiger partial charge is 0.320 e. The van der Waals surface area contributed by atoms with Crippen molar-refractivity contribution in [2.45, 2.75) is 20.3 Å². The van der Waals surface area contributed by atoms with Crippen molar-refractivity contribution < 1.29 is 23.5 Å². The number of aromatic nitrogens is 2. The van der Waals surface area contributed by atoms with E-state index in [1.165, 1.54) is 6.07 Å². The summed E-state index contributed by atoms with van der Waals surface area (Å²) in [6.07, 6.45) is 4.16. The first-order valence-corrected chi connectivity index (χ1v) is 15.0. The van der Waals surface area contributed by atoms with Crippen LogP contribution in [0.4, 0.5) is 4.39 Å². The van der Waals surface area contributed by atoms with Crippen molar-refractivity contribution >= 4 is 11.9 Å². The fraction of sp³-hybridized carbons (Fsp3) is 0.324. The molecule has 44 heavy (non-hydrogen) atoms. The van der Waals surface area contributed by atoms with Crippen molar-refractivity contribution in [3.05, 3.63) is 90.0 Å². The number of carbonyl (C=O) groups excluding carboxylic acids is 2. The number of amides is 1. The zero-order valence-corrected chi connectivity index (χ0v) is 25.1. The Labute approximate surface area is 257 Å². The van der Waals surface area contributed by atoms with Gasteiger partial charge in [0.2, 0.25) is 0 Å². The number of H-pyrrole nitrogens is 1. The Morgan fingerprint density at radius 3 is 2.52 bits per heavy atom. The molecule has 5 rings (SSSR count). The Morgan fingerprint density at radius 1 is 0.977 bits per heavy atom. The molecule has 1 amide bonds. The normalized spacial score (nSPS) is 13.9. The molecule has 0 spiro atoms. The van der Waals surface area contributed by atoms with Crippen molar-refractivity contribution in [3.63, 3.8) is 0 Å². The van der Waals surface area contributed by atoms with Gasteiger partial charge in [0.15, 0.2) is 0 Å². The van der Waals surface area contributed by atoms with Crippen LogP contribution < -0.4 is 10.1 Å². The summed E-state index contributed by atoms with van der Waals surface area (Å²) in [6.45, 7) is 9.40. The first-order chi connectivity index (χ1) is 21.4. The van der Waals surface area contributed by atoms with Crippen LogP contribution in [0.3, 0.4) is 0 Å². The Kier molecular flexibility index (Phi) is 10.4. The number of hydrogen-bond acceptors (Lipinski definition) is 7. The van der Waals surface area contributed by atoms with Gasteiger partial charge >= 0.3 is 5.97 Å². The molecule has 0 unspecified atom stereocenters. The lowest BCUT2D eigenvalue weighted by Gasteiger charge is -2.34. The first kappa shape index (κ1) is 30.9. The summed E-state index contributed by atoms with van der Waals surface area (Å²) in [4.78, 5) is 36.5. The average Bonchev–Trinajstić information content (AvgIpc) is 3.53. The quantitative estimate of drug-likeness (QED) is 0.169. The van der Waals surface area contributed by atoms with Crippen molar-refractivity contribution in [2.75, 3.05) is 52.4 Å². The van der Waals surface area contributed by atoms with Crippen LogP contribution in [0.25, 0.3) is 22.5 Å². The zero-order chi connectivity index (χ0) is 30.9. The first-order valence-electron chi connectivity index (χ1n) is 15.0. The maximum atomic E-state index is 14.3. The molecule has 0 aliphatic carbocycles. The van der Waals surface area contributed by atoms with Gasteiger partial charge in [-0.15, -0.1) is 0 Å². The molecule has 0 bridgehead atoms. The second-order valence-corrected chi connectivity index (χ2v) is 10.8. The van der Waals surface area contributed by atoms with E-state index in [9.17, 15) is 14.0 Å². The van der Waals surface area contributed by atoms with E-state index in [1.807, 2.05) is 32.0 Å². The second kappa shape index (κ2) is 14.8. The summed E-state index contributed by atoms with van der Waals surface area (Å²) < 4.78 is 25.3. The molecule has 3 heterocycles. The largest absolute Gasteiger partial charge is 0.465 e. The van der Waals surface area contributed by atoms with Crippen LogP contribution in [0.1, 0.15) is 29.3 Å². The van der Waals surface area contributed by atoms with Gasteiger partial charge in [0, 0.05) is 56.7 Å². The lowest BCUT2D eigenvalue weighted by Crippen LogP contribution is -2.48. The van der Waals surface area contributed by atoms with E-state index in [0.717, 1.165) is 50.3 Å². The number of rotatable bonds is 12. The number of aromatic amines is 1. The van der Waals surface area contributed by atoms with E-state index in [2.05, 4.69) is 25.1 Å². The summed E-state index contributed by atoms with van der Waals surface area (Å²) in [5, 5.41) is 2.99. The van der Waals surface area contributed by atoms with Crippen molar-refractivity contribution in [1.82, 2.24) is 25.1 Å². The molecule has 1 aliphatic rings. The van der Waals surface area contributed by atoms with Gasteiger partial charge in [-0.05, 0) is 68.8 Å². The van der Waals surface area contributed by atoms with E-state index in [-0.39, 0.29) is 17.7 Å². The molecule has 2 aromatic carbocycles. The van der Waals surface area contributed by atoms with Gasteiger partial charge < -0.3 is 24.7 Å². The third-order valence-electron chi connectivity index (χ3n) is 7.54. The highest BCUT2D eigenvalue weighted by atomic mass is 19.1. The maximum absolute atomic E-state index is 14.3. The Bertz CT molecular complexity index is 1560. The molecule has 0 saturated carbocycles. The number of nitrogens with zero attached hydrogens (tertiary/aromatic N) is 3. The molecule has 2 N–H and O–H groups in total. The van der Waals surface area contributed by atoms with Gasteiger partial charge in [-0.3, -0.25) is 19.5 Å². The Balaban J connectivity index is 1.08. The highest BCUT2D eigenvalue weighted by Gasteiger charge is 2.19. The van der Waals surface area contributed by atoms with Crippen LogP contribution in [-0.4, -0.2) is 84.1 Å². The minimum atomic E-state index is -0.263. The molecule has 1 saturated heterocycles. The number of nitrogens with one attached hydrogen (secondary N) is 2. The van der Waals surface area contributed by atoms with Crippen LogP contribution in [-0.2, 0) is 9.53 Å². The number of piperazine rings is 1. The molecule has 2 aromatic heterocycles. The highest BCUT2D eigenvalue weighted by Crippen LogP contribution is 2.29. The maximum Gasteiger partial charge on any atom is 0.320 e. The standard InChI is InChI=1S/C34H38FN5O4/c1-3-43-33(41)23-40-17-15-39(16-18-40)14-4-12-37-34(42)26-20-31(38-22-26)32-21-28(11-13-36-32)44-27-8-6-25(7-9-27)29-19-24(2)5-10-30(29)35/h5-11,13,19-22,38H,3-4,12,14-18,23H2,1-2H3,(H,37,42).